The predicted molar refractivity (Wildman–Crippen MR) is 92.8 cm³/mol. The van der Waals surface area contributed by atoms with Gasteiger partial charge in [-0.05, 0) is 30.3 Å². The SMILES string of the molecule is N#CCSc1ccccc1NC(=O)COC(=O)c1cccc(C#N)c1. The number of para-hydroxylation sites is 1. The second-order valence-corrected chi connectivity index (χ2v) is 5.78. The number of nitrogens with one attached hydrogen (secondary N) is 1. The minimum atomic E-state index is -0.681. The van der Waals surface area contributed by atoms with Crippen molar-refractivity contribution < 1.29 is 14.3 Å². The van der Waals surface area contributed by atoms with Crippen molar-refractivity contribution in [1.82, 2.24) is 0 Å². The molecule has 0 spiro atoms. The molecule has 0 radical (unpaired) electrons. The van der Waals surface area contributed by atoms with E-state index in [-0.39, 0.29) is 11.3 Å². The number of carbonyl (C=O) groups is 2. The van der Waals surface area contributed by atoms with Crippen LogP contribution in [0.25, 0.3) is 0 Å². The van der Waals surface area contributed by atoms with Crippen molar-refractivity contribution in [3.05, 3.63) is 59.7 Å². The summed E-state index contributed by atoms with van der Waals surface area (Å²) in [6, 6.07) is 17.0. The van der Waals surface area contributed by atoms with E-state index in [1.165, 1.54) is 23.9 Å². The highest BCUT2D eigenvalue weighted by Crippen LogP contribution is 2.26. The van der Waals surface area contributed by atoms with Gasteiger partial charge in [-0.2, -0.15) is 10.5 Å². The number of hydrogen-bond acceptors (Lipinski definition) is 6. The molecule has 0 aliphatic rings. The van der Waals surface area contributed by atoms with Crippen LogP contribution in [-0.2, 0) is 9.53 Å². The smallest absolute Gasteiger partial charge is 0.338 e. The van der Waals surface area contributed by atoms with Crippen LogP contribution in [0.15, 0.2) is 53.4 Å². The average molecular weight is 351 g/mol. The maximum atomic E-state index is 12.0. The van der Waals surface area contributed by atoms with Gasteiger partial charge < -0.3 is 10.1 Å². The molecular weight excluding hydrogens is 338 g/mol. The van der Waals surface area contributed by atoms with Gasteiger partial charge in [-0.3, -0.25) is 4.79 Å². The van der Waals surface area contributed by atoms with Crippen molar-refractivity contribution in [2.24, 2.45) is 0 Å². The van der Waals surface area contributed by atoms with E-state index in [9.17, 15) is 9.59 Å². The Morgan fingerprint density at radius 3 is 2.68 bits per heavy atom. The van der Waals surface area contributed by atoms with Crippen LogP contribution >= 0.6 is 11.8 Å². The number of hydrogen-bond donors (Lipinski definition) is 1. The zero-order valence-electron chi connectivity index (χ0n) is 13.1. The van der Waals surface area contributed by atoms with Crippen LogP contribution in [0.5, 0.6) is 0 Å². The predicted octanol–water partition coefficient (Wildman–Crippen LogP) is 2.97. The molecule has 0 atom stereocenters. The number of anilines is 1. The molecule has 1 amide bonds. The van der Waals surface area contributed by atoms with Crippen LogP contribution in [-0.4, -0.2) is 24.2 Å². The lowest BCUT2D eigenvalue weighted by Crippen LogP contribution is -2.21. The molecule has 0 unspecified atom stereocenters. The first-order chi connectivity index (χ1) is 12.1. The molecule has 0 aromatic heterocycles. The third-order valence-corrected chi connectivity index (χ3v) is 3.96. The first kappa shape index (κ1) is 18.1. The number of rotatable bonds is 6. The van der Waals surface area contributed by atoms with Crippen LogP contribution in [0.4, 0.5) is 5.69 Å². The van der Waals surface area contributed by atoms with E-state index in [0.717, 1.165) is 4.90 Å². The fourth-order valence-electron chi connectivity index (χ4n) is 1.92. The molecule has 25 heavy (non-hydrogen) atoms. The summed E-state index contributed by atoms with van der Waals surface area (Å²) in [4.78, 5) is 24.7. The summed E-state index contributed by atoms with van der Waals surface area (Å²) in [5.74, 6) is -0.911. The van der Waals surface area contributed by atoms with E-state index in [4.69, 9.17) is 15.3 Å². The molecule has 124 valence electrons. The van der Waals surface area contributed by atoms with Gasteiger partial charge in [0.05, 0.1) is 34.7 Å². The van der Waals surface area contributed by atoms with Crippen molar-refractivity contribution in [3.8, 4) is 12.1 Å². The summed E-state index contributed by atoms with van der Waals surface area (Å²) in [6.45, 7) is -0.452. The number of benzene rings is 2. The Labute approximate surface area is 149 Å². The minimum absolute atomic E-state index is 0.205. The number of nitriles is 2. The molecule has 7 heteroatoms. The topological polar surface area (TPSA) is 103 Å². The number of amides is 1. The van der Waals surface area contributed by atoms with Crippen LogP contribution in [0.1, 0.15) is 15.9 Å². The molecule has 1 N–H and O–H groups in total. The van der Waals surface area contributed by atoms with E-state index in [1.54, 1.807) is 36.4 Å². The van der Waals surface area contributed by atoms with E-state index in [0.29, 0.717) is 11.3 Å². The van der Waals surface area contributed by atoms with Gasteiger partial charge in [-0.15, -0.1) is 11.8 Å². The van der Waals surface area contributed by atoms with Gasteiger partial charge in [0.1, 0.15) is 0 Å². The highest BCUT2D eigenvalue weighted by atomic mass is 32.2. The zero-order valence-corrected chi connectivity index (χ0v) is 13.9. The van der Waals surface area contributed by atoms with Crippen molar-refractivity contribution in [1.29, 1.82) is 10.5 Å². The minimum Gasteiger partial charge on any atom is -0.452 e. The van der Waals surface area contributed by atoms with Gasteiger partial charge in [-0.25, -0.2) is 4.79 Å². The molecule has 6 nitrogen and oxygen atoms in total. The van der Waals surface area contributed by atoms with Crippen molar-refractivity contribution in [2.75, 3.05) is 17.7 Å². The second-order valence-electron chi connectivity index (χ2n) is 4.76. The fourth-order valence-corrected chi connectivity index (χ4v) is 2.59. The van der Waals surface area contributed by atoms with Gasteiger partial charge in [0.2, 0.25) is 0 Å². The number of thioether (sulfide) groups is 1. The third-order valence-electron chi connectivity index (χ3n) is 3.02. The highest BCUT2D eigenvalue weighted by molar-refractivity contribution is 7.99. The van der Waals surface area contributed by atoms with Gasteiger partial charge in [0.25, 0.3) is 5.91 Å². The Morgan fingerprint density at radius 2 is 1.92 bits per heavy atom. The third kappa shape index (κ3) is 5.38. The molecule has 0 saturated carbocycles. The largest absolute Gasteiger partial charge is 0.452 e. The Kier molecular flexibility index (Phi) is 6.58. The van der Waals surface area contributed by atoms with Crippen molar-refractivity contribution in [2.45, 2.75) is 4.90 Å². The standard InChI is InChI=1S/C18H13N3O3S/c19-8-9-25-16-7-2-1-6-15(16)21-17(22)12-24-18(23)14-5-3-4-13(10-14)11-20/h1-7,10H,9,12H2,(H,21,22). The van der Waals surface area contributed by atoms with E-state index in [2.05, 4.69) is 5.32 Å². The summed E-state index contributed by atoms with van der Waals surface area (Å²) < 4.78 is 4.96. The number of nitrogens with zero attached hydrogens (tertiary/aromatic N) is 2. The molecule has 0 aliphatic heterocycles. The second kappa shape index (κ2) is 9.11. The molecule has 0 bridgehead atoms. The molecule has 0 aliphatic carbocycles. The first-order valence-corrected chi connectivity index (χ1v) is 8.18. The summed E-state index contributed by atoms with van der Waals surface area (Å²) in [7, 11) is 0. The van der Waals surface area contributed by atoms with Crippen LogP contribution in [0.2, 0.25) is 0 Å². The van der Waals surface area contributed by atoms with Gasteiger partial charge in [0.15, 0.2) is 6.61 Å². The number of esters is 1. The lowest BCUT2D eigenvalue weighted by molar-refractivity contribution is -0.119. The Balaban J connectivity index is 1.94. The fraction of sp³-hybridized carbons (Fsp3) is 0.111. The van der Waals surface area contributed by atoms with Crippen molar-refractivity contribution >= 4 is 29.3 Å². The molecule has 0 heterocycles. The number of carbonyl (C=O) groups excluding carboxylic acids is 2. The number of ether oxygens (including phenoxy) is 1. The molecule has 0 saturated heterocycles. The zero-order chi connectivity index (χ0) is 18.1. The van der Waals surface area contributed by atoms with E-state index < -0.39 is 18.5 Å². The monoisotopic (exact) mass is 351 g/mol. The summed E-state index contributed by atoms with van der Waals surface area (Å²) in [5, 5.41) is 20.1. The Hall–Kier alpha value is -3.29. The van der Waals surface area contributed by atoms with Gasteiger partial charge in [0, 0.05) is 4.90 Å². The Morgan fingerprint density at radius 1 is 1.12 bits per heavy atom. The first-order valence-electron chi connectivity index (χ1n) is 7.20. The maximum absolute atomic E-state index is 12.0. The normalized spacial score (nSPS) is 9.52. The lowest BCUT2D eigenvalue weighted by Gasteiger charge is -2.10. The van der Waals surface area contributed by atoms with Crippen LogP contribution in [0, 0.1) is 22.7 Å². The average Bonchev–Trinajstić information content (AvgIpc) is 2.65. The molecular formula is C18H13N3O3S. The quantitative estimate of drug-likeness (QED) is 0.634. The van der Waals surface area contributed by atoms with E-state index in [1.807, 2.05) is 12.1 Å². The summed E-state index contributed by atoms with van der Waals surface area (Å²) in [6.07, 6.45) is 0. The van der Waals surface area contributed by atoms with Crippen molar-refractivity contribution in [3.63, 3.8) is 0 Å². The van der Waals surface area contributed by atoms with Crippen LogP contribution < -0.4 is 5.32 Å². The molecule has 0 fully saturated rings. The van der Waals surface area contributed by atoms with Crippen LogP contribution in [0.3, 0.4) is 0 Å². The Bertz CT molecular complexity index is 868. The highest BCUT2D eigenvalue weighted by Gasteiger charge is 2.12. The lowest BCUT2D eigenvalue weighted by atomic mass is 10.1. The molecule has 2 aromatic rings. The van der Waals surface area contributed by atoms with Gasteiger partial charge in [-0.1, -0.05) is 18.2 Å². The van der Waals surface area contributed by atoms with E-state index >= 15 is 0 Å². The summed E-state index contributed by atoms with van der Waals surface area (Å²) >= 11 is 1.30. The summed E-state index contributed by atoms with van der Waals surface area (Å²) in [5.41, 5.74) is 1.09. The van der Waals surface area contributed by atoms with Gasteiger partial charge >= 0.3 is 5.97 Å². The molecule has 2 aromatic carbocycles. The molecule has 2 rings (SSSR count). The maximum Gasteiger partial charge on any atom is 0.338 e.